The van der Waals surface area contributed by atoms with E-state index in [0.29, 0.717) is 19.7 Å². The van der Waals surface area contributed by atoms with Crippen LogP contribution < -0.4 is 0 Å². The third kappa shape index (κ3) is 2.31. The molecule has 1 unspecified atom stereocenters. The van der Waals surface area contributed by atoms with Gasteiger partial charge in [-0.2, -0.15) is 0 Å². The quantitative estimate of drug-likeness (QED) is 0.706. The standard InChI is InChI=1S/C13H21NO4/c1-5-17-10(15)13-6-9(13)7-14(8-13)11(16)18-12(2,3)4/h9H,5-8H2,1-4H3/t9-,13?/m0/s1. The zero-order valence-electron chi connectivity index (χ0n) is 11.5. The van der Waals surface area contributed by atoms with E-state index in [1.54, 1.807) is 11.8 Å². The van der Waals surface area contributed by atoms with Gasteiger partial charge in [0.1, 0.15) is 5.60 Å². The summed E-state index contributed by atoms with van der Waals surface area (Å²) in [4.78, 5) is 25.4. The van der Waals surface area contributed by atoms with E-state index in [4.69, 9.17) is 9.47 Å². The summed E-state index contributed by atoms with van der Waals surface area (Å²) in [5, 5.41) is 0. The van der Waals surface area contributed by atoms with E-state index in [9.17, 15) is 9.59 Å². The second-order valence-electron chi connectivity index (χ2n) is 6.14. The minimum Gasteiger partial charge on any atom is -0.466 e. The van der Waals surface area contributed by atoms with Crippen LogP contribution in [0.4, 0.5) is 4.79 Å². The number of likely N-dealkylation sites (tertiary alicyclic amines) is 1. The number of hydrogen-bond donors (Lipinski definition) is 0. The fourth-order valence-electron chi connectivity index (χ4n) is 2.54. The number of amides is 1. The van der Waals surface area contributed by atoms with Gasteiger partial charge in [0, 0.05) is 13.1 Å². The monoisotopic (exact) mass is 255 g/mol. The fourth-order valence-corrected chi connectivity index (χ4v) is 2.54. The number of hydrogen-bond acceptors (Lipinski definition) is 4. The molecule has 2 aliphatic rings. The normalized spacial score (nSPS) is 29.8. The maximum Gasteiger partial charge on any atom is 0.410 e. The third-order valence-corrected chi connectivity index (χ3v) is 3.48. The Labute approximate surface area is 107 Å². The molecule has 0 N–H and O–H groups in total. The van der Waals surface area contributed by atoms with E-state index in [1.165, 1.54) is 0 Å². The van der Waals surface area contributed by atoms with Crippen molar-refractivity contribution in [2.45, 2.75) is 39.7 Å². The maximum atomic E-state index is 11.9. The lowest BCUT2D eigenvalue weighted by molar-refractivity contribution is -0.149. The van der Waals surface area contributed by atoms with Crippen molar-refractivity contribution >= 4 is 12.1 Å². The van der Waals surface area contributed by atoms with E-state index in [1.807, 2.05) is 20.8 Å². The second-order valence-corrected chi connectivity index (χ2v) is 6.14. The molecule has 0 aromatic rings. The minimum atomic E-state index is -0.499. The van der Waals surface area contributed by atoms with E-state index >= 15 is 0 Å². The van der Waals surface area contributed by atoms with Crippen molar-refractivity contribution in [3.63, 3.8) is 0 Å². The summed E-state index contributed by atoms with van der Waals surface area (Å²) in [6.07, 6.45) is 0.504. The summed E-state index contributed by atoms with van der Waals surface area (Å²) in [5.41, 5.74) is -0.937. The molecule has 1 amide bonds. The smallest absolute Gasteiger partial charge is 0.410 e. The predicted molar refractivity (Wildman–Crippen MR) is 65.0 cm³/mol. The average Bonchev–Trinajstić information content (AvgIpc) is 2.80. The molecule has 1 heterocycles. The molecule has 102 valence electrons. The number of carbonyl (C=O) groups is 2. The van der Waals surface area contributed by atoms with Gasteiger partial charge in [0.2, 0.25) is 0 Å². The number of fused-ring (bicyclic) bond motifs is 1. The van der Waals surface area contributed by atoms with Crippen LogP contribution in [0, 0.1) is 11.3 Å². The van der Waals surface area contributed by atoms with Crippen LogP contribution in [-0.4, -0.2) is 42.3 Å². The van der Waals surface area contributed by atoms with Gasteiger partial charge in [0.15, 0.2) is 0 Å². The van der Waals surface area contributed by atoms with Crippen molar-refractivity contribution in [2.75, 3.05) is 19.7 Å². The molecule has 5 nitrogen and oxygen atoms in total. The van der Waals surface area contributed by atoms with Gasteiger partial charge >= 0.3 is 12.1 Å². The predicted octanol–water partition coefficient (Wildman–Crippen LogP) is 1.81. The van der Waals surface area contributed by atoms with Crippen LogP contribution in [0.3, 0.4) is 0 Å². The van der Waals surface area contributed by atoms with Crippen LogP contribution >= 0.6 is 0 Å². The minimum absolute atomic E-state index is 0.166. The molecule has 0 bridgehead atoms. The molecule has 0 spiro atoms. The summed E-state index contributed by atoms with van der Waals surface area (Å²) < 4.78 is 10.4. The SMILES string of the molecule is CCOC(=O)C12C[C@H]1CN(C(=O)OC(C)(C)C)C2. The van der Waals surface area contributed by atoms with Crippen LogP contribution in [-0.2, 0) is 14.3 Å². The number of carbonyl (C=O) groups excluding carboxylic acids is 2. The number of ether oxygens (including phenoxy) is 2. The number of piperidine rings is 1. The lowest BCUT2D eigenvalue weighted by atomic mass is 10.1. The molecular weight excluding hydrogens is 234 g/mol. The van der Waals surface area contributed by atoms with Crippen molar-refractivity contribution in [2.24, 2.45) is 11.3 Å². The Bertz CT molecular complexity index is 374. The Morgan fingerprint density at radius 3 is 2.61 bits per heavy atom. The summed E-state index contributed by atoms with van der Waals surface area (Å²) in [6.45, 7) is 8.74. The van der Waals surface area contributed by atoms with Crippen molar-refractivity contribution in [3.05, 3.63) is 0 Å². The largest absolute Gasteiger partial charge is 0.466 e. The van der Waals surface area contributed by atoms with E-state index in [0.717, 1.165) is 6.42 Å². The summed E-state index contributed by atoms with van der Waals surface area (Å²) in [5.74, 6) is 0.0881. The third-order valence-electron chi connectivity index (χ3n) is 3.48. The Balaban J connectivity index is 1.94. The van der Waals surface area contributed by atoms with E-state index in [2.05, 4.69) is 0 Å². The van der Waals surface area contributed by atoms with E-state index in [-0.39, 0.29) is 18.0 Å². The Morgan fingerprint density at radius 1 is 1.39 bits per heavy atom. The topological polar surface area (TPSA) is 55.8 Å². The first-order chi connectivity index (χ1) is 8.28. The van der Waals surface area contributed by atoms with Gasteiger partial charge in [0.25, 0.3) is 0 Å². The number of nitrogens with zero attached hydrogens (tertiary/aromatic N) is 1. The van der Waals surface area contributed by atoms with Crippen LogP contribution in [0.1, 0.15) is 34.1 Å². The van der Waals surface area contributed by atoms with Gasteiger partial charge in [-0.1, -0.05) is 0 Å². The molecule has 0 aromatic carbocycles. The highest BCUT2D eigenvalue weighted by Gasteiger charge is 2.67. The lowest BCUT2D eigenvalue weighted by Crippen LogP contribution is -2.38. The Hall–Kier alpha value is -1.26. The molecule has 2 rings (SSSR count). The first-order valence-electron chi connectivity index (χ1n) is 6.43. The zero-order chi connectivity index (χ0) is 13.6. The molecule has 0 aromatic heterocycles. The molecular formula is C13H21NO4. The van der Waals surface area contributed by atoms with E-state index < -0.39 is 11.0 Å². The fraction of sp³-hybridized carbons (Fsp3) is 0.846. The summed E-state index contributed by atoms with van der Waals surface area (Å²) in [7, 11) is 0. The molecule has 0 radical (unpaired) electrons. The molecule has 5 heteroatoms. The van der Waals surface area contributed by atoms with Crippen LogP contribution in [0.25, 0.3) is 0 Å². The van der Waals surface area contributed by atoms with Gasteiger partial charge < -0.3 is 14.4 Å². The van der Waals surface area contributed by atoms with Gasteiger partial charge in [-0.05, 0) is 40.0 Å². The summed E-state index contributed by atoms with van der Waals surface area (Å²) >= 11 is 0. The van der Waals surface area contributed by atoms with Crippen molar-refractivity contribution in [1.29, 1.82) is 0 Å². The molecule has 1 aliphatic heterocycles. The zero-order valence-corrected chi connectivity index (χ0v) is 11.5. The molecule has 18 heavy (non-hydrogen) atoms. The maximum absolute atomic E-state index is 11.9. The van der Waals surface area contributed by atoms with Crippen LogP contribution in [0.5, 0.6) is 0 Å². The highest BCUT2D eigenvalue weighted by Crippen LogP contribution is 2.58. The number of rotatable bonds is 2. The van der Waals surface area contributed by atoms with Gasteiger partial charge in [0.05, 0.1) is 12.0 Å². The van der Waals surface area contributed by atoms with Crippen molar-refractivity contribution in [3.8, 4) is 0 Å². The second kappa shape index (κ2) is 4.14. The lowest BCUT2D eigenvalue weighted by Gasteiger charge is -2.26. The number of esters is 1. The molecule has 1 saturated carbocycles. The van der Waals surface area contributed by atoms with Crippen molar-refractivity contribution in [1.82, 2.24) is 4.90 Å². The van der Waals surface area contributed by atoms with Gasteiger partial charge in [-0.25, -0.2) is 4.79 Å². The van der Waals surface area contributed by atoms with Crippen LogP contribution in [0.2, 0.25) is 0 Å². The molecule has 2 fully saturated rings. The Morgan fingerprint density at radius 2 is 2.06 bits per heavy atom. The highest BCUT2D eigenvalue weighted by molar-refractivity contribution is 5.83. The highest BCUT2D eigenvalue weighted by atomic mass is 16.6. The molecule has 1 aliphatic carbocycles. The first-order valence-corrected chi connectivity index (χ1v) is 6.43. The first kappa shape index (κ1) is 13.2. The van der Waals surface area contributed by atoms with Crippen molar-refractivity contribution < 1.29 is 19.1 Å². The molecule has 2 atom stereocenters. The Kier molecular flexibility index (Phi) is 3.03. The summed E-state index contributed by atoms with van der Waals surface area (Å²) in [6, 6.07) is 0. The van der Waals surface area contributed by atoms with Crippen LogP contribution in [0.15, 0.2) is 0 Å². The molecule has 1 saturated heterocycles. The average molecular weight is 255 g/mol. The van der Waals surface area contributed by atoms with Gasteiger partial charge in [-0.15, -0.1) is 0 Å². The van der Waals surface area contributed by atoms with Gasteiger partial charge in [-0.3, -0.25) is 4.79 Å².